The van der Waals surface area contributed by atoms with Crippen molar-refractivity contribution in [2.75, 3.05) is 0 Å². The molecule has 5 heteroatoms. The second-order valence-electron chi connectivity index (χ2n) is 4.06. The van der Waals surface area contributed by atoms with Crippen LogP contribution >= 0.6 is 0 Å². The van der Waals surface area contributed by atoms with Crippen LogP contribution in [0.4, 0.5) is 0 Å². The van der Waals surface area contributed by atoms with Crippen LogP contribution in [0.1, 0.15) is 30.4 Å². The Hall–Kier alpha value is -1.91. The molecule has 0 spiro atoms. The van der Waals surface area contributed by atoms with Crippen molar-refractivity contribution in [2.45, 2.75) is 33.1 Å². The van der Waals surface area contributed by atoms with Crippen LogP contribution in [0.2, 0.25) is 0 Å². The van der Waals surface area contributed by atoms with E-state index in [0.29, 0.717) is 11.3 Å². The Morgan fingerprint density at radius 2 is 2.24 bits per heavy atom. The fraction of sp³-hybridized carbons (Fsp3) is 0.417. The van der Waals surface area contributed by atoms with Gasteiger partial charge in [0.2, 0.25) is 0 Å². The SMILES string of the molecule is CCCc1ccc2nc(C)c(CC(=O)O)n2n1. The van der Waals surface area contributed by atoms with Gasteiger partial charge in [-0.05, 0) is 25.5 Å². The molecule has 0 radical (unpaired) electrons. The number of carbonyl (C=O) groups is 1. The number of fused-ring (bicyclic) bond motifs is 1. The standard InChI is InChI=1S/C12H15N3O2/c1-3-4-9-5-6-11-13-8(2)10(7-12(16)17)15(11)14-9/h5-6H,3-4,7H2,1-2H3,(H,16,17). The van der Waals surface area contributed by atoms with Crippen LogP contribution in [0, 0.1) is 6.92 Å². The monoisotopic (exact) mass is 233 g/mol. The molecular formula is C12H15N3O2. The van der Waals surface area contributed by atoms with Gasteiger partial charge in [-0.2, -0.15) is 5.10 Å². The fourth-order valence-electron chi connectivity index (χ4n) is 1.86. The number of hydrogen-bond donors (Lipinski definition) is 1. The minimum Gasteiger partial charge on any atom is -0.481 e. The minimum absolute atomic E-state index is 0.0461. The van der Waals surface area contributed by atoms with Crippen LogP contribution in [0.25, 0.3) is 5.65 Å². The highest BCUT2D eigenvalue weighted by Crippen LogP contribution is 2.12. The summed E-state index contributed by atoms with van der Waals surface area (Å²) in [6.07, 6.45) is 1.86. The largest absolute Gasteiger partial charge is 0.481 e. The maximum Gasteiger partial charge on any atom is 0.309 e. The summed E-state index contributed by atoms with van der Waals surface area (Å²) in [5.74, 6) is -0.863. The Morgan fingerprint density at radius 1 is 1.47 bits per heavy atom. The first-order chi connectivity index (χ1) is 8.11. The zero-order valence-electron chi connectivity index (χ0n) is 9.97. The average molecular weight is 233 g/mol. The summed E-state index contributed by atoms with van der Waals surface area (Å²) in [4.78, 5) is 15.1. The van der Waals surface area contributed by atoms with Crippen molar-refractivity contribution in [2.24, 2.45) is 0 Å². The lowest BCUT2D eigenvalue weighted by molar-refractivity contribution is -0.136. The van der Waals surface area contributed by atoms with Gasteiger partial charge < -0.3 is 5.11 Å². The molecule has 0 saturated heterocycles. The van der Waals surface area contributed by atoms with Crippen molar-refractivity contribution < 1.29 is 9.90 Å². The zero-order valence-corrected chi connectivity index (χ0v) is 9.97. The maximum absolute atomic E-state index is 10.8. The van der Waals surface area contributed by atoms with Crippen LogP contribution in [-0.4, -0.2) is 25.7 Å². The van der Waals surface area contributed by atoms with E-state index in [1.54, 1.807) is 4.52 Å². The third-order valence-electron chi connectivity index (χ3n) is 2.65. The fourth-order valence-corrected chi connectivity index (χ4v) is 1.86. The molecule has 0 aliphatic carbocycles. The van der Waals surface area contributed by atoms with E-state index in [0.717, 1.165) is 24.2 Å². The number of rotatable bonds is 4. The average Bonchev–Trinajstić information content (AvgIpc) is 2.56. The molecule has 2 rings (SSSR count). The highest BCUT2D eigenvalue weighted by Gasteiger charge is 2.13. The molecule has 0 aliphatic heterocycles. The quantitative estimate of drug-likeness (QED) is 0.871. The van der Waals surface area contributed by atoms with Crippen molar-refractivity contribution in [3.8, 4) is 0 Å². The Bertz CT molecular complexity index is 560. The summed E-state index contributed by atoms with van der Waals surface area (Å²) in [7, 11) is 0. The van der Waals surface area contributed by atoms with E-state index in [2.05, 4.69) is 17.0 Å². The number of hydrogen-bond acceptors (Lipinski definition) is 3. The Labute approximate surface area is 99.1 Å². The summed E-state index contributed by atoms with van der Waals surface area (Å²) in [5, 5.41) is 13.3. The highest BCUT2D eigenvalue weighted by atomic mass is 16.4. The summed E-state index contributed by atoms with van der Waals surface area (Å²) in [5.41, 5.74) is 3.06. The molecule has 90 valence electrons. The first-order valence-electron chi connectivity index (χ1n) is 5.67. The van der Waals surface area contributed by atoms with Gasteiger partial charge in [0.1, 0.15) is 0 Å². The summed E-state index contributed by atoms with van der Waals surface area (Å²) < 4.78 is 1.65. The molecule has 0 saturated carbocycles. The van der Waals surface area contributed by atoms with E-state index < -0.39 is 5.97 Å². The molecule has 0 aromatic carbocycles. The second kappa shape index (κ2) is 4.53. The molecule has 0 aliphatic rings. The van der Waals surface area contributed by atoms with Crippen molar-refractivity contribution in [3.63, 3.8) is 0 Å². The Morgan fingerprint density at radius 3 is 2.88 bits per heavy atom. The topological polar surface area (TPSA) is 67.5 Å². The van der Waals surface area contributed by atoms with Crippen LogP contribution in [0.15, 0.2) is 12.1 Å². The van der Waals surface area contributed by atoms with Crippen LogP contribution < -0.4 is 0 Å². The van der Waals surface area contributed by atoms with Crippen LogP contribution in [0.5, 0.6) is 0 Å². The third kappa shape index (κ3) is 2.27. The molecule has 0 fully saturated rings. The van der Waals surface area contributed by atoms with E-state index in [1.807, 2.05) is 19.1 Å². The number of imidazole rings is 1. The molecule has 2 aromatic heterocycles. The van der Waals surface area contributed by atoms with E-state index in [-0.39, 0.29) is 6.42 Å². The molecule has 0 atom stereocenters. The van der Waals surface area contributed by atoms with Gasteiger partial charge in [0.05, 0.1) is 23.5 Å². The number of aliphatic carboxylic acids is 1. The van der Waals surface area contributed by atoms with Crippen molar-refractivity contribution in [3.05, 3.63) is 29.2 Å². The van der Waals surface area contributed by atoms with Gasteiger partial charge >= 0.3 is 5.97 Å². The number of aromatic nitrogens is 3. The Kier molecular flexibility index (Phi) is 3.08. The lowest BCUT2D eigenvalue weighted by Gasteiger charge is -2.02. The van der Waals surface area contributed by atoms with E-state index in [4.69, 9.17) is 5.11 Å². The highest BCUT2D eigenvalue weighted by molar-refractivity contribution is 5.70. The summed E-state index contributed by atoms with van der Waals surface area (Å²) >= 11 is 0. The van der Waals surface area contributed by atoms with Gasteiger partial charge in [-0.25, -0.2) is 9.50 Å². The van der Waals surface area contributed by atoms with Crippen molar-refractivity contribution in [1.82, 2.24) is 14.6 Å². The number of nitrogens with zero attached hydrogens (tertiary/aromatic N) is 3. The van der Waals surface area contributed by atoms with Gasteiger partial charge in [-0.1, -0.05) is 13.3 Å². The lowest BCUT2D eigenvalue weighted by atomic mass is 10.2. The summed E-state index contributed by atoms with van der Waals surface area (Å²) in [6.45, 7) is 3.90. The van der Waals surface area contributed by atoms with E-state index in [1.165, 1.54) is 0 Å². The van der Waals surface area contributed by atoms with Gasteiger partial charge in [-0.15, -0.1) is 0 Å². The number of carboxylic acids is 1. The first-order valence-corrected chi connectivity index (χ1v) is 5.67. The first kappa shape index (κ1) is 11.6. The van der Waals surface area contributed by atoms with Crippen molar-refractivity contribution in [1.29, 1.82) is 0 Å². The van der Waals surface area contributed by atoms with Gasteiger partial charge in [0, 0.05) is 0 Å². The molecule has 2 heterocycles. The van der Waals surface area contributed by atoms with Crippen LogP contribution in [-0.2, 0) is 17.6 Å². The smallest absolute Gasteiger partial charge is 0.309 e. The molecule has 0 amide bonds. The zero-order chi connectivity index (χ0) is 12.4. The Balaban J connectivity index is 2.52. The van der Waals surface area contributed by atoms with Crippen LogP contribution in [0.3, 0.4) is 0 Å². The number of aryl methyl sites for hydroxylation is 2. The molecule has 5 nitrogen and oxygen atoms in total. The van der Waals surface area contributed by atoms with Gasteiger partial charge in [0.15, 0.2) is 5.65 Å². The van der Waals surface area contributed by atoms with Gasteiger partial charge in [-0.3, -0.25) is 4.79 Å². The second-order valence-corrected chi connectivity index (χ2v) is 4.06. The molecular weight excluding hydrogens is 218 g/mol. The number of carboxylic acid groups (broad SMARTS) is 1. The predicted octanol–water partition coefficient (Wildman–Crippen LogP) is 1.62. The molecule has 0 bridgehead atoms. The maximum atomic E-state index is 10.8. The lowest BCUT2D eigenvalue weighted by Crippen LogP contribution is -2.07. The predicted molar refractivity (Wildman–Crippen MR) is 63.1 cm³/mol. The van der Waals surface area contributed by atoms with E-state index in [9.17, 15) is 4.79 Å². The van der Waals surface area contributed by atoms with Crippen molar-refractivity contribution >= 4 is 11.6 Å². The third-order valence-corrected chi connectivity index (χ3v) is 2.65. The summed E-state index contributed by atoms with van der Waals surface area (Å²) in [6, 6.07) is 3.83. The minimum atomic E-state index is -0.863. The molecule has 2 aromatic rings. The normalized spacial score (nSPS) is 10.9. The molecule has 17 heavy (non-hydrogen) atoms. The molecule has 0 unspecified atom stereocenters. The molecule has 1 N–H and O–H groups in total. The van der Waals surface area contributed by atoms with E-state index >= 15 is 0 Å². The van der Waals surface area contributed by atoms with Gasteiger partial charge in [0.25, 0.3) is 0 Å².